The summed E-state index contributed by atoms with van der Waals surface area (Å²) in [5.74, 6) is 0.707. The van der Waals surface area contributed by atoms with Crippen LogP contribution in [0.1, 0.15) is 65.0 Å². The van der Waals surface area contributed by atoms with E-state index in [-0.39, 0.29) is 5.91 Å². The molecule has 0 fully saturated rings. The van der Waals surface area contributed by atoms with Gasteiger partial charge in [-0.05, 0) is 31.7 Å². The van der Waals surface area contributed by atoms with Crippen molar-refractivity contribution in [3.8, 4) is 0 Å². The number of hydrogen-bond donors (Lipinski definition) is 0. The van der Waals surface area contributed by atoms with Crippen molar-refractivity contribution >= 4 is 11.9 Å². The van der Waals surface area contributed by atoms with Crippen LogP contribution in [0.4, 0.5) is 5.95 Å². The zero-order valence-electron chi connectivity index (χ0n) is 13.1. The topological polar surface area (TPSA) is 46.1 Å². The largest absolute Gasteiger partial charge is 0.281 e. The standard InChI is InChI=1S/C16H27N3O/c1-4-7-10-14-11-12-17-16(18-14)19(13-8-5-2)15(20)9-6-3/h11-12H,4-10,13H2,1-3H3. The van der Waals surface area contributed by atoms with Crippen LogP contribution in [0, 0.1) is 0 Å². The predicted molar refractivity (Wildman–Crippen MR) is 82.8 cm³/mol. The summed E-state index contributed by atoms with van der Waals surface area (Å²) in [6.45, 7) is 7.03. The summed E-state index contributed by atoms with van der Waals surface area (Å²) < 4.78 is 0. The highest BCUT2D eigenvalue weighted by Gasteiger charge is 2.17. The van der Waals surface area contributed by atoms with Gasteiger partial charge in [0.2, 0.25) is 11.9 Å². The molecule has 0 spiro atoms. The quantitative estimate of drug-likeness (QED) is 0.690. The van der Waals surface area contributed by atoms with Gasteiger partial charge >= 0.3 is 0 Å². The second-order valence-electron chi connectivity index (χ2n) is 5.10. The minimum atomic E-state index is 0.133. The van der Waals surface area contributed by atoms with Crippen LogP contribution in [0.3, 0.4) is 0 Å². The van der Waals surface area contributed by atoms with E-state index in [4.69, 9.17) is 0 Å². The molecule has 0 bridgehead atoms. The van der Waals surface area contributed by atoms with E-state index >= 15 is 0 Å². The molecule has 1 heterocycles. The molecule has 4 heteroatoms. The first-order valence-electron chi connectivity index (χ1n) is 7.85. The van der Waals surface area contributed by atoms with Gasteiger partial charge in [0.25, 0.3) is 0 Å². The Hall–Kier alpha value is -1.45. The first-order chi connectivity index (χ1) is 9.72. The molecule has 1 amide bonds. The Morgan fingerprint density at radius 1 is 1.15 bits per heavy atom. The van der Waals surface area contributed by atoms with Crippen molar-refractivity contribution in [1.82, 2.24) is 9.97 Å². The summed E-state index contributed by atoms with van der Waals surface area (Å²) in [5.41, 5.74) is 1.03. The second kappa shape index (κ2) is 9.45. The van der Waals surface area contributed by atoms with E-state index in [2.05, 4.69) is 23.8 Å². The van der Waals surface area contributed by atoms with Crippen molar-refractivity contribution in [2.24, 2.45) is 0 Å². The van der Waals surface area contributed by atoms with Crippen molar-refractivity contribution < 1.29 is 4.79 Å². The van der Waals surface area contributed by atoms with Crippen LogP contribution in [0.25, 0.3) is 0 Å². The lowest BCUT2D eigenvalue weighted by Gasteiger charge is -2.20. The average molecular weight is 277 g/mol. The van der Waals surface area contributed by atoms with Gasteiger partial charge in [0.05, 0.1) is 0 Å². The number of anilines is 1. The number of unbranched alkanes of at least 4 members (excludes halogenated alkanes) is 2. The Labute approximate surface area is 122 Å². The number of aryl methyl sites for hydroxylation is 1. The second-order valence-corrected chi connectivity index (χ2v) is 5.10. The molecule has 20 heavy (non-hydrogen) atoms. The Morgan fingerprint density at radius 3 is 2.55 bits per heavy atom. The molecule has 0 aliphatic rings. The predicted octanol–water partition coefficient (Wildman–Crippen LogP) is 3.75. The highest BCUT2D eigenvalue weighted by molar-refractivity contribution is 5.91. The van der Waals surface area contributed by atoms with E-state index < -0.39 is 0 Å². The lowest BCUT2D eigenvalue weighted by molar-refractivity contribution is -0.118. The summed E-state index contributed by atoms with van der Waals surface area (Å²) >= 11 is 0. The van der Waals surface area contributed by atoms with E-state index in [9.17, 15) is 4.79 Å². The van der Waals surface area contributed by atoms with Crippen molar-refractivity contribution in [3.05, 3.63) is 18.0 Å². The van der Waals surface area contributed by atoms with Gasteiger partial charge in [-0.2, -0.15) is 0 Å². The molecular weight excluding hydrogens is 250 g/mol. The smallest absolute Gasteiger partial charge is 0.232 e. The summed E-state index contributed by atoms with van der Waals surface area (Å²) in [6, 6.07) is 1.95. The van der Waals surface area contributed by atoms with E-state index in [1.54, 1.807) is 11.1 Å². The molecule has 1 aromatic rings. The molecule has 0 saturated heterocycles. The minimum absolute atomic E-state index is 0.133. The number of aromatic nitrogens is 2. The van der Waals surface area contributed by atoms with Crippen molar-refractivity contribution in [2.45, 2.75) is 65.7 Å². The number of hydrogen-bond acceptors (Lipinski definition) is 3. The normalized spacial score (nSPS) is 10.6. The number of amides is 1. The zero-order chi connectivity index (χ0) is 14.8. The first-order valence-corrected chi connectivity index (χ1v) is 7.85. The molecule has 112 valence electrons. The fourth-order valence-electron chi connectivity index (χ4n) is 2.01. The Balaban J connectivity index is 2.85. The van der Waals surface area contributed by atoms with Crippen molar-refractivity contribution in [3.63, 3.8) is 0 Å². The van der Waals surface area contributed by atoms with Gasteiger partial charge in [-0.25, -0.2) is 9.97 Å². The van der Waals surface area contributed by atoms with Gasteiger partial charge < -0.3 is 0 Å². The number of nitrogens with zero attached hydrogens (tertiary/aromatic N) is 3. The summed E-state index contributed by atoms with van der Waals surface area (Å²) in [6.07, 6.45) is 8.45. The van der Waals surface area contributed by atoms with Gasteiger partial charge in [0, 0.05) is 24.9 Å². The highest BCUT2D eigenvalue weighted by Crippen LogP contribution is 2.13. The van der Waals surface area contributed by atoms with Crippen molar-refractivity contribution in [1.29, 1.82) is 0 Å². The number of carbonyl (C=O) groups excluding carboxylic acids is 1. The number of carbonyl (C=O) groups is 1. The molecule has 0 radical (unpaired) electrons. The molecule has 1 rings (SSSR count). The molecule has 1 aromatic heterocycles. The number of rotatable bonds is 9. The molecule has 0 aliphatic heterocycles. The summed E-state index contributed by atoms with van der Waals surface area (Å²) in [7, 11) is 0. The van der Waals surface area contributed by atoms with Crippen LogP contribution >= 0.6 is 0 Å². The Morgan fingerprint density at radius 2 is 1.90 bits per heavy atom. The minimum Gasteiger partial charge on any atom is -0.281 e. The highest BCUT2D eigenvalue weighted by atomic mass is 16.2. The van der Waals surface area contributed by atoms with Gasteiger partial charge in [-0.1, -0.05) is 33.6 Å². The molecule has 0 aliphatic carbocycles. The van der Waals surface area contributed by atoms with Crippen LogP contribution in [-0.4, -0.2) is 22.4 Å². The lowest BCUT2D eigenvalue weighted by atomic mass is 10.2. The molecule has 4 nitrogen and oxygen atoms in total. The maximum absolute atomic E-state index is 12.2. The van der Waals surface area contributed by atoms with Crippen LogP contribution in [0.2, 0.25) is 0 Å². The lowest BCUT2D eigenvalue weighted by Crippen LogP contribution is -2.33. The van der Waals surface area contributed by atoms with Gasteiger partial charge in [-0.3, -0.25) is 9.69 Å². The van der Waals surface area contributed by atoms with E-state index in [1.165, 1.54) is 0 Å². The summed E-state index contributed by atoms with van der Waals surface area (Å²) in [5, 5.41) is 0. The molecule has 0 N–H and O–H groups in total. The molecule has 0 aromatic carbocycles. The maximum atomic E-state index is 12.2. The van der Waals surface area contributed by atoms with Gasteiger partial charge in [0.15, 0.2) is 0 Å². The van der Waals surface area contributed by atoms with Crippen LogP contribution in [-0.2, 0) is 11.2 Å². The van der Waals surface area contributed by atoms with Crippen LogP contribution in [0.15, 0.2) is 12.3 Å². The van der Waals surface area contributed by atoms with E-state index in [0.717, 1.165) is 44.2 Å². The monoisotopic (exact) mass is 277 g/mol. The maximum Gasteiger partial charge on any atom is 0.232 e. The zero-order valence-corrected chi connectivity index (χ0v) is 13.1. The molecule has 0 unspecified atom stereocenters. The van der Waals surface area contributed by atoms with Crippen LogP contribution in [0.5, 0.6) is 0 Å². The fourth-order valence-corrected chi connectivity index (χ4v) is 2.01. The van der Waals surface area contributed by atoms with Crippen LogP contribution < -0.4 is 4.90 Å². The van der Waals surface area contributed by atoms with Gasteiger partial charge in [-0.15, -0.1) is 0 Å². The molecule has 0 saturated carbocycles. The average Bonchev–Trinajstić information content (AvgIpc) is 2.46. The van der Waals surface area contributed by atoms with E-state index in [1.807, 2.05) is 13.0 Å². The third-order valence-corrected chi connectivity index (χ3v) is 3.23. The summed E-state index contributed by atoms with van der Waals surface area (Å²) in [4.78, 5) is 22.8. The Kier molecular flexibility index (Phi) is 7.85. The van der Waals surface area contributed by atoms with Crippen molar-refractivity contribution in [2.75, 3.05) is 11.4 Å². The third kappa shape index (κ3) is 5.27. The third-order valence-electron chi connectivity index (χ3n) is 3.23. The first kappa shape index (κ1) is 16.6. The molecule has 0 atom stereocenters. The van der Waals surface area contributed by atoms with Gasteiger partial charge in [0.1, 0.15) is 0 Å². The van der Waals surface area contributed by atoms with E-state index in [0.29, 0.717) is 18.9 Å². The fraction of sp³-hybridized carbons (Fsp3) is 0.688. The SMILES string of the molecule is CCCCc1ccnc(N(CCCC)C(=O)CCC)n1. The Bertz CT molecular complexity index is 406. The molecular formula is C16H27N3O.